The largest absolute Gasteiger partial charge is 0.507 e. The van der Waals surface area contributed by atoms with Crippen LogP contribution in [-0.2, 0) is 6.54 Å². The van der Waals surface area contributed by atoms with Crippen LogP contribution in [0.4, 0.5) is 0 Å². The zero-order chi connectivity index (χ0) is 13.8. The molecule has 6 heteroatoms. The minimum Gasteiger partial charge on any atom is -0.507 e. The van der Waals surface area contributed by atoms with Gasteiger partial charge in [0, 0.05) is 6.07 Å². The van der Waals surface area contributed by atoms with Crippen LogP contribution in [0.2, 0.25) is 0 Å². The van der Waals surface area contributed by atoms with E-state index in [9.17, 15) is 9.90 Å². The second-order valence-corrected chi connectivity index (χ2v) is 3.93. The van der Waals surface area contributed by atoms with Gasteiger partial charge in [-0.05, 0) is 19.1 Å². The van der Waals surface area contributed by atoms with E-state index in [0.29, 0.717) is 17.4 Å². The minimum atomic E-state index is -0.406. The number of phenolic OH excluding ortho intramolecular Hbond substituents is 1. The highest BCUT2D eigenvalue weighted by molar-refractivity contribution is 5.96. The zero-order valence-corrected chi connectivity index (χ0v) is 10.6. The van der Waals surface area contributed by atoms with E-state index in [1.54, 1.807) is 19.2 Å². The molecule has 0 fully saturated rings. The Bertz CT molecular complexity index is 592. The predicted molar refractivity (Wildman–Crippen MR) is 67.1 cm³/mol. The van der Waals surface area contributed by atoms with Gasteiger partial charge in [0.1, 0.15) is 17.3 Å². The molecule has 100 valence electrons. The van der Waals surface area contributed by atoms with E-state index in [1.165, 1.54) is 19.2 Å². The molecule has 0 saturated heterocycles. The number of nitrogens with zero attached hydrogens (tertiary/aromatic N) is 1. The molecule has 2 N–H and O–H groups in total. The Morgan fingerprint density at radius 1 is 1.53 bits per heavy atom. The van der Waals surface area contributed by atoms with Gasteiger partial charge in [-0.1, -0.05) is 0 Å². The molecular formula is C13H14N2O4. The Labute approximate surface area is 110 Å². The molecule has 1 aromatic heterocycles. The summed E-state index contributed by atoms with van der Waals surface area (Å²) in [6.45, 7) is 1.94. The Balaban J connectivity index is 2.03. The number of aromatic hydroxyl groups is 1. The van der Waals surface area contributed by atoms with Crippen LogP contribution in [-0.4, -0.2) is 23.1 Å². The number of aromatic nitrogens is 1. The summed E-state index contributed by atoms with van der Waals surface area (Å²) in [4.78, 5) is 15.8. The number of nitrogens with one attached hydrogen (secondary N) is 1. The van der Waals surface area contributed by atoms with Crippen molar-refractivity contribution in [3.63, 3.8) is 0 Å². The molecule has 0 bridgehead atoms. The molecule has 2 aromatic rings. The maximum absolute atomic E-state index is 11.9. The van der Waals surface area contributed by atoms with Gasteiger partial charge < -0.3 is 19.6 Å². The number of rotatable bonds is 4. The van der Waals surface area contributed by atoms with Crippen LogP contribution in [0, 0.1) is 6.92 Å². The second kappa shape index (κ2) is 5.43. The molecule has 0 saturated carbocycles. The van der Waals surface area contributed by atoms with Gasteiger partial charge in [-0.3, -0.25) is 4.79 Å². The van der Waals surface area contributed by atoms with E-state index in [1.807, 2.05) is 0 Å². The summed E-state index contributed by atoms with van der Waals surface area (Å²) in [5.74, 6) is 1.03. The van der Waals surface area contributed by atoms with Crippen molar-refractivity contribution in [2.45, 2.75) is 13.5 Å². The Morgan fingerprint density at radius 2 is 2.32 bits per heavy atom. The SMILES string of the molecule is COc1ccc(C(=O)NCc2ncc(C)o2)c(O)c1. The normalized spacial score (nSPS) is 10.2. The number of methoxy groups -OCH3 is 1. The smallest absolute Gasteiger partial charge is 0.255 e. The average molecular weight is 262 g/mol. The number of ether oxygens (including phenoxy) is 1. The number of aryl methyl sites for hydroxylation is 1. The number of carbonyl (C=O) groups is 1. The third-order valence-corrected chi connectivity index (χ3v) is 2.52. The summed E-state index contributed by atoms with van der Waals surface area (Å²) < 4.78 is 10.2. The summed E-state index contributed by atoms with van der Waals surface area (Å²) in [6.07, 6.45) is 1.58. The zero-order valence-electron chi connectivity index (χ0n) is 10.6. The van der Waals surface area contributed by atoms with Crippen molar-refractivity contribution in [1.82, 2.24) is 10.3 Å². The molecule has 0 radical (unpaired) electrons. The highest BCUT2D eigenvalue weighted by atomic mass is 16.5. The number of carbonyl (C=O) groups excluding carboxylic acids is 1. The molecule has 0 unspecified atom stereocenters. The first-order valence-electron chi connectivity index (χ1n) is 5.66. The number of benzene rings is 1. The van der Waals surface area contributed by atoms with Gasteiger partial charge in [0.25, 0.3) is 5.91 Å². The fourth-order valence-corrected chi connectivity index (χ4v) is 1.56. The average Bonchev–Trinajstić information content (AvgIpc) is 2.81. The number of phenols is 1. The van der Waals surface area contributed by atoms with E-state index in [0.717, 1.165) is 0 Å². The molecular weight excluding hydrogens is 248 g/mol. The Morgan fingerprint density at radius 3 is 2.89 bits per heavy atom. The van der Waals surface area contributed by atoms with Gasteiger partial charge in [0.2, 0.25) is 5.89 Å². The molecule has 0 aliphatic carbocycles. The van der Waals surface area contributed by atoms with Crippen molar-refractivity contribution >= 4 is 5.91 Å². The minimum absolute atomic E-state index is 0.138. The molecule has 2 rings (SSSR count). The quantitative estimate of drug-likeness (QED) is 0.874. The summed E-state index contributed by atoms with van der Waals surface area (Å²) in [7, 11) is 1.49. The standard InChI is InChI=1S/C13H14N2O4/c1-8-6-14-12(19-8)7-15-13(17)10-4-3-9(18-2)5-11(10)16/h3-6,16H,7H2,1-2H3,(H,15,17). The van der Waals surface area contributed by atoms with Crippen LogP contribution < -0.4 is 10.1 Å². The predicted octanol–water partition coefficient (Wildman–Crippen LogP) is 1.63. The molecule has 0 spiro atoms. The molecule has 1 aromatic carbocycles. The third-order valence-electron chi connectivity index (χ3n) is 2.52. The number of oxazole rings is 1. The number of hydrogen-bond acceptors (Lipinski definition) is 5. The molecule has 0 aliphatic heterocycles. The number of hydrogen-bond donors (Lipinski definition) is 2. The topological polar surface area (TPSA) is 84.6 Å². The van der Waals surface area contributed by atoms with Gasteiger partial charge in [-0.15, -0.1) is 0 Å². The van der Waals surface area contributed by atoms with Gasteiger partial charge in [0.05, 0.1) is 25.4 Å². The van der Waals surface area contributed by atoms with Crippen molar-refractivity contribution in [2.75, 3.05) is 7.11 Å². The van der Waals surface area contributed by atoms with Crippen LogP contribution >= 0.6 is 0 Å². The first kappa shape index (κ1) is 12.9. The molecule has 19 heavy (non-hydrogen) atoms. The van der Waals surface area contributed by atoms with E-state index in [4.69, 9.17) is 9.15 Å². The van der Waals surface area contributed by atoms with Crippen molar-refractivity contribution in [3.05, 3.63) is 41.6 Å². The lowest BCUT2D eigenvalue weighted by atomic mass is 10.2. The number of amides is 1. The van der Waals surface area contributed by atoms with Crippen LogP contribution in [0.15, 0.2) is 28.8 Å². The van der Waals surface area contributed by atoms with E-state index in [-0.39, 0.29) is 17.9 Å². The third kappa shape index (κ3) is 3.04. The Kier molecular flexibility index (Phi) is 3.70. The van der Waals surface area contributed by atoms with Crippen molar-refractivity contribution in [3.8, 4) is 11.5 Å². The van der Waals surface area contributed by atoms with Crippen molar-refractivity contribution in [2.24, 2.45) is 0 Å². The maximum Gasteiger partial charge on any atom is 0.255 e. The highest BCUT2D eigenvalue weighted by Crippen LogP contribution is 2.23. The van der Waals surface area contributed by atoms with Crippen LogP contribution in [0.25, 0.3) is 0 Å². The monoisotopic (exact) mass is 262 g/mol. The fraction of sp³-hybridized carbons (Fsp3) is 0.231. The van der Waals surface area contributed by atoms with E-state index >= 15 is 0 Å². The molecule has 0 aliphatic rings. The van der Waals surface area contributed by atoms with Gasteiger partial charge in [-0.25, -0.2) is 4.98 Å². The fourth-order valence-electron chi connectivity index (χ4n) is 1.56. The molecule has 1 heterocycles. The van der Waals surface area contributed by atoms with E-state index < -0.39 is 5.91 Å². The van der Waals surface area contributed by atoms with Crippen LogP contribution in [0.5, 0.6) is 11.5 Å². The lowest BCUT2D eigenvalue weighted by Gasteiger charge is -2.06. The Hall–Kier alpha value is -2.50. The maximum atomic E-state index is 11.9. The van der Waals surface area contributed by atoms with E-state index in [2.05, 4.69) is 10.3 Å². The van der Waals surface area contributed by atoms with Gasteiger partial charge in [-0.2, -0.15) is 0 Å². The first-order chi connectivity index (χ1) is 9.10. The summed E-state index contributed by atoms with van der Waals surface area (Å²) >= 11 is 0. The lowest BCUT2D eigenvalue weighted by Crippen LogP contribution is -2.23. The summed E-state index contributed by atoms with van der Waals surface area (Å²) in [6, 6.07) is 4.47. The first-order valence-corrected chi connectivity index (χ1v) is 5.66. The van der Waals surface area contributed by atoms with Gasteiger partial charge in [0.15, 0.2) is 0 Å². The molecule has 0 atom stereocenters. The summed E-state index contributed by atoms with van der Waals surface area (Å²) in [5, 5.41) is 12.3. The van der Waals surface area contributed by atoms with Crippen molar-refractivity contribution < 1.29 is 19.1 Å². The van der Waals surface area contributed by atoms with Crippen molar-refractivity contribution in [1.29, 1.82) is 0 Å². The molecule has 1 amide bonds. The summed E-state index contributed by atoms with van der Waals surface area (Å²) in [5.41, 5.74) is 0.170. The van der Waals surface area contributed by atoms with Crippen LogP contribution in [0.3, 0.4) is 0 Å². The molecule has 6 nitrogen and oxygen atoms in total. The lowest BCUT2D eigenvalue weighted by molar-refractivity contribution is 0.0944. The highest BCUT2D eigenvalue weighted by Gasteiger charge is 2.12. The second-order valence-electron chi connectivity index (χ2n) is 3.93. The van der Waals surface area contributed by atoms with Gasteiger partial charge >= 0.3 is 0 Å². The van der Waals surface area contributed by atoms with Crippen LogP contribution in [0.1, 0.15) is 22.0 Å².